The van der Waals surface area contributed by atoms with E-state index in [-0.39, 0.29) is 18.3 Å². The lowest BCUT2D eigenvalue weighted by Gasteiger charge is -2.15. The minimum Gasteiger partial charge on any atom is -0.490 e. The lowest BCUT2D eigenvalue weighted by Crippen LogP contribution is -2.27. The molecule has 1 aliphatic rings. The smallest absolute Gasteiger partial charge is 0.266 e. The number of hydrogen-bond acceptors (Lipinski definition) is 5. The van der Waals surface area contributed by atoms with Crippen molar-refractivity contribution in [2.75, 3.05) is 13.2 Å². The number of rotatable bonds is 7. The maximum Gasteiger partial charge on any atom is 0.266 e. The molecular formula is C21H19ClFNO3S2. The molecule has 2 aromatic rings. The van der Waals surface area contributed by atoms with Gasteiger partial charge in [0.25, 0.3) is 5.91 Å². The topological polar surface area (TPSA) is 38.8 Å². The lowest BCUT2D eigenvalue weighted by molar-refractivity contribution is -0.121. The third-order valence-corrected chi connectivity index (χ3v) is 5.81. The summed E-state index contributed by atoms with van der Waals surface area (Å²) in [5.74, 6) is 0.274. The minimum absolute atomic E-state index is 0.0149. The van der Waals surface area contributed by atoms with Crippen LogP contribution in [0.1, 0.15) is 25.0 Å². The zero-order valence-corrected chi connectivity index (χ0v) is 18.3. The second-order valence-corrected chi connectivity index (χ2v) is 8.15. The molecule has 152 valence electrons. The Labute approximate surface area is 183 Å². The van der Waals surface area contributed by atoms with Gasteiger partial charge in [-0.3, -0.25) is 9.69 Å². The first-order chi connectivity index (χ1) is 13.9. The molecule has 4 nitrogen and oxygen atoms in total. The SMILES string of the molecule is CCOc1cc(/C=C2\SC(=S)N(CC)C2=O)cc(Cl)c1OCc1ccccc1F. The highest BCUT2D eigenvalue weighted by Gasteiger charge is 2.30. The average Bonchev–Trinajstić information content (AvgIpc) is 2.95. The predicted molar refractivity (Wildman–Crippen MR) is 119 cm³/mol. The molecule has 0 aromatic heterocycles. The third kappa shape index (κ3) is 4.91. The van der Waals surface area contributed by atoms with Crippen molar-refractivity contribution in [1.29, 1.82) is 0 Å². The van der Waals surface area contributed by atoms with E-state index < -0.39 is 0 Å². The van der Waals surface area contributed by atoms with E-state index in [1.807, 2.05) is 13.8 Å². The Bertz CT molecular complexity index is 980. The summed E-state index contributed by atoms with van der Waals surface area (Å²) in [6.07, 6.45) is 1.73. The molecule has 0 N–H and O–H groups in total. The van der Waals surface area contributed by atoms with Gasteiger partial charge in [0, 0.05) is 12.1 Å². The zero-order valence-electron chi connectivity index (χ0n) is 15.9. The van der Waals surface area contributed by atoms with Crippen molar-refractivity contribution >= 4 is 51.9 Å². The molecule has 1 aliphatic heterocycles. The molecule has 29 heavy (non-hydrogen) atoms. The van der Waals surface area contributed by atoms with Crippen molar-refractivity contribution in [2.24, 2.45) is 0 Å². The van der Waals surface area contributed by atoms with Crippen molar-refractivity contribution in [3.63, 3.8) is 0 Å². The molecule has 1 saturated heterocycles. The summed E-state index contributed by atoms with van der Waals surface area (Å²) in [6, 6.07) is 9.80. The van der Waals surface area contributed by atoms with Gasteiger partial charge in [0.2, 0.25) is 0 Å². The van der Waals surface area contributed by atoms with Gasteiger partial charge < -0.3 is 9.47 Å². The van der Waals surface area contributed by atoms with E-state index in [0.29, 0.717) is 50.0 Å². The Kier molecular flexibility index (Phi) is 7.16. The summed E-state index contributed by atoms with van der Waals surface area (Å²) < 4.78 is 25.8. The standard InChI is InChI=1S/C21H19ClFNO3S2/c1-3-24-20(25)18(29-21(24)28)11-13-9-15(22)19(17(10-13)26-4-2)27-12-14-7-5-6-8-16(14)23/h5-11H,3-4,12H2,1-2H3/b18-11-. The Hall–Kier alpha value is -2.09. The molecule has 0 radical (unpaired) electrons. The van der Waals surface area contributed by atoms with Crippen LogP contribution in [0.2, 0.25) is 5.02 Å². The van der Waals surface area contributed by atoms with Gasteiger partial charge >= 0.3 is 0 Å². The molecule has 1 fully saturated rings. The van der Waals surface area contributed by atoms with E-state index >= 15 is 0 Å². The van der Waals surface area contributed by atoms with Crippen molar-refractivity contribution in [1.82, 2.24) is 4.90 Å². The minimum atomic E-state index is -0.351. The van der Waals surface area contributed by atoms with E-state index in [9.17, 15) is 9.18 Å². The summed E-state index contributed by atoms with van der Waals surface area (Å²) >= 11 is 12.9. The molecule has 8 heteroatoms. The number of thioether (sulfide) groups is 1. The van der Waals surface area contributed by atoms with E-state index in [1.165, 1.54) is 17.8 Å². The first kappa shape index (κ1) is 21.6. The summed E-state index contributed by atoms with van der Waals surface area (Å²) in [6.45, 7) is 4.65. The summed E-state index contributed by atoms with van der Waals surface area (Å²) in [4.78, 5) is 14.5. The molecule has 0 saturated carbocycles. The van der Waals surface area contributed by atoms with Crippen LogP contribution in [-0.4, -0.2) is 28.3 Å². The third-order valence-electron chi connectivity index (χ3n) is 4.15. The van der Waals surface area contributed by atoms with Gasteiger partial charge in [-0.25, -0.2) is 4.39 Å². The number of halogens is 2. The maximum atomic E-state index is 13.9. The molecule has 1 amide bonds. The average molecular weight is 452 g/mol. The number of thiocarbonyl (C=S) groups is 1. The first-order valence-corrected chi connectivity index (χ1v) is 10.6. The number of nitrogens with zero attached hydrogens (tertiary/aromatic N) is 1. The quantitative estimate of drug-likeness (QED) is 0.400. The molecule has 1 heterocycles. The van der Waals surface area contributed by atoms with Crippen LogP contribution in [0, 0.1) is 5.82 Å². The van der Waals surface area contributed by atoms with Crippen LogP contribution in [0.3, 0.4) is 0 Å². The van der Waals surface area contributed by atoms with Crippen LogP contribution in [-0.2, 0) is 11.4 Å². The van der Waals surface area contributed by atoms with E-state index in [2.05, 4.69) is 0 Å². The first-order valence-electron chi connectivity index (χ1n) is 9.02. The Morgan fingerprint density at radius 3 is 2.66 bits per heavy atom. The number of hydrogen-bond donors (Lipinski definition) is 0. The molecule has 0 bridgehead atoms. The summed E-state index contributed by atoms with van der Waals surface area (Å²) in [5, 5.41) is 0.310. The van der Waals surface area contributed by atoms with Crippen LogP contribution < -0.4 is 9.47 Å². The van der Waals surface area contributed by atoms with Crippen LogP contribution in [0.5, 0.6) is 11.5 Å². The van der Waals surface area contributed by atoms with Crippen molar-refractivity contribution in [3.8, 4) is 11.5 Å². The number of ether oxygens (including phenoxy) is 2. The van der Waals surface area contributed by atoms with Gasteiger partial charge in [0.1, 0.15) is 16.7 Å². The molecular weight excluding hydrogens is 433 g/mol. The Morgan fingerprint density at radius 2 is 2.00 bits per heavy atom. The molecule has 3 rings (SSSR count). The van der Waals surface area contributed by atoms with Crippen molar-refractivity contribution < 1.29 is 18.7 Å². The van der Waals surface area contributed by atoms with E-state index in [0.717, 1.165) is 0 Å². The highest BCUT2D eigenvalue weighted by molar-refractivity contribution is 8.26. The van der Waals surface area contributed by atoms with Crippen LogP contribution in [0.25, 0.3) is 6.08 Å². The molecule has 2 aromatic carbocycles. The molecule has 0 aliphatic carbocycles. The second kappa shape index (κ2) is 9.61. The number of carbonyl (C=O) groups excluding carboxylic acids is 1. The lowest BCUT2D eigenvalue weighted by atomic mass is 10.1. The maximum absolute atomic E-state index is 13.9. The monoisotopic (exact) mass is 451 g/mol. The molecule has 0 unspecified atom stereocenters. The second-order valence-electron chi connectivity index (χ2n) is 6.07. The van der Waals surface area contributed by atoms with Crippen LogP contribution in [0.15, 0.2) is 41.3 Å². The predicted octanol–water partition coefficient (Wildman–Crippen LogP) is 5.68. The van der Waals surface area contributed by atoms with Gasteiger partial charge in [-0.2, -0.15) is 0 Å². The van der Waals surface area contributed by atoms with Gasteiger partial charge in [0.15, 0.2) is 11.5 Å². The highest BCUT2D eigenvalue weighted by Crippen LogP contribution is 2.39. The molecule has 0 spiro atoms. The largest absolute Gasteiger partial charge is 0.490 e. The van der Waals surface area contributed by atoms with E-state index in [4.69, 9.17) is 33.3 Å². The Morgan fingerprint density at radius 1 is 1.24 bits per heavy atom. The van der Waals surface area contributed by atoms with Gasteiger partial charge in [-0.15, -0.1) is 0 Å². The number of likely N-dealkylation sites (N-methyl/N-ethyl adjacent to an activating group) is 1. The van der Waals surface area contributed by atoms with Gasteiger partial charge in [0.05, 0.1) is 16.5 Å². The fourth-order valence-corrected chi connectivity index (χ4v) is 4.42. The summed E-state index contributed by atoms with van der Waals surface area (Å²) in [7, 11) is 0. The van der Waals surface area contributed by atoms with Crippen molar-refractivity contribution in [2.45, 2.75) is 20.5 Å². The number of amides is 1. The normalized spacial score (nSPS) is 15.3. The summed E-state index contributed by atoms with van der Waals surface area (Å²) in [5.41, 5.74) is 1.10. The van der Waals surface area contributed by atoms with E-state index in [1.54, 1.807) is 41.3 Å². The van der Waals surface area contributed by atoms with Gasteiger partial charge in [-0.1, -0.05) is 53.8 Å². The highest BCUT2D eigenvalue weighted by atomic mass is 35.5. The van der Waals surface area contributed by atoms with Crippen LogP contribution >= 0.6 is 35.6 Å². The number of benzene rings is 2. The fourth-order valence-electron chi connectivity index (χ4n) is 2.76. The van der Waals surface area contributed by atoms with Crippen LogP contribution in [0.4, 0.5) is 4.39 Å². The van der Waals surface area contributed by atoms with Crippen molar-refractivity contribution in [3.05, 3.63) is 63.3 Å². The zero-order chi connectivity index (χ0) is 21.0. The number of carbonyl (C=O) groups is 1. The molecule has 0 atom stereocenters. The van der Waals surface area contributed by atoms with Gasteiger partial charge in [-0.05, 0) is 43.7 Å². The Balaban J connectivity index is 1.89. The fraction of sp³-hybridized carbons (Fsp3) is 0.238.